The van der Waals surface area contributed by atoms with Gasteiger partial charge in [-0.25, -0.2) is 9.18 Å². The van der Waals surface area contributed by atoms with Crippen LogP contribution < -0.4 is 14.2 Å². The number of ether oxygens (including phenoxy) is 5. The number of carboxylic acid groups (broad SMARTS) is 1. The average molecular weight is 489 g/mol. The number of hydrogen-bond acceptors (Lipinski definition) is 6. The number of benzene rings is 2. The van der Waals surface area contributed by atoms with Crippen molar-refractivity contribution in [3.63, 3.8) is 0 Å². The van der Waals surface area contributed by atoms with Crippen LogP contribution in [0.3, 0.4) is 0 Å². The maximum atomic E-state index is 15.6. The molecular weight excluding hydrogens is 455 g/mol. The predicted molar refractivity (Wildman–Crippen MR) is 128 cm³/mol. The molecule has 2 heterocycles. The third-order valence-electron chi connectivity index (χ3n) is 7.06. The maximum Gasteiger partial charge on any atom is 0.348 e. The van der Waals surface area contributed by atoms with Gasteiger partial charge in [-0.15, -0.1) is 0 Å². The summed E-state index contributed by atoms with van der Waals surface area (Å²) in [5.74, 6) is 0.0786. The van der Waals surface area contributed by atoms with Gasteiger partial charge in [0.1, 0.15) is 11.5 Å². The van der Waals surface area contributed by atoms with E-state index in [0.29, 0.717) is 60.3 Å². The van der Waals surface area contributed by atoms with E-state index in [9.17, 15) is 9.90 Å². The van der Waals surface area contributed by atoms with Crippen LogP contribution in [0.25, 0.3) is 11.1 Å². The third-order valence-corrected chi connectivity index (χ3v) is 7.06. The van der Waals surface area contributed by atoms with Gasteiger partial charge in [0.05, 0.1) is 27.4 Å². The molecule has 0 aromatic heterocycles. The Kier molecular flexibility index (Phi) is 7.82. The Morgan fingerprint density at radius 3 is 2.51 bits per heavy atom. The van der Waals surface area contributed by atoms with E-state index in [1.807, 2.05) is 6.07 Å². The molecule has 2 aromatic rings. The van der Waals surface area contributed by atoms with Crippen LogP contribution in [-0.4, -0.2) is 57.3 Å². The molecule has 0 aliphatic carbocycles. The van der Waals surface area contributed by atoms with E-state index in [1.165, 1.54) is 7.11 Å². The van der Waals surface area contributed by atoms with Gasteiger partial charge in [0, 0.05) is 37.2 Å². The molecule has 2 aliphatic heterocycles. The van der Waals surface area contributed by atoms with E-state index >= 15 is 4.39 Å². The van der Waals surface area contributed by atoms with Gasteiger partial charge in [-0.1, -0.05) is 6.07 Å². The Hall–Kier alpha value is -2.84. The molecule has 2 aliphatic rings. The lowest BCUT2D eigenvalue weighted by Gasteiger charge is -2.33. The first-order chi connectivity index (χ1) is 16.9. The highest BCUT2D eigenvalue weighted by Gasteiger charge is 2.43. The normalized spacial score (nSPS) is 19.4. The van der Waals surface area contributed by atoms with Crippen molar-refractivity contribution >= 4 is 5.97 Å². The number of halogens is 1. The van der Waals surface area contributed by atoms with Crippen LogP contribution in [-0.2, 0) is 20.7 Å². The Morgan fingerprint density at radius 1 is 1.11 bits per heavy atom. The highest BCUT2D eigenvalue weighted by Crippen LogP contribution is 2.41. The van der Waals surface area contributed by atoms with Gasteiger partial charge in [0.15, 0.2) is 11.6 Å². The maximum absolute atomic E-state index is 15.6. The lowest BCUT2D eigenvalue weighted by Crippen LogP contribution is -2.49. The van der Waals surface area contributed by atoms with E-state index in [4.69, 9.17) is 23.7 Å². The molecule has 7 nitrogen and oxygen atoms in total. The molecule has 2 fully saturated rings. The first kappa shape index (κ1) is 25.3. The number of hydrogen-bond donors (Lipinski definition) is 1. The van der Waals surface area contributed by atoms with Crippen LogP contribution in [0.1, 0.15) is 36.8 Å². The van der Waals surface area contributed by atoms with E-state index in [-0.39, 0.29) is 18.6 Å². The van der Waals surface area contributed by atoms with Crippen LogP contribution in [0.4, 0.5) is 4.39 Å². The number of carboxylic acids is 1. The first-order valence-corrected chi connectivity index (χ1v) is 12.0. The van der Waals surface area contributed by atoms with Crippen molar-refractivity contribution in [3.05, 3.63) is 41.2 Å². The second-order valence-corrected chi connectivity index (χ2v) is 9.20. The third kappa shape index (κ3) is 5.23. The van der Waals surface area contributed by atoms with Crippen LogP contribution in [0.2, 0.25) is 0 Å². The predicted octanol–water partition coefficient (Wildman–Crippen LogP) is 4.80. The molecule has 0 bridgehead atoms. The van der Waals surface area contributed by atoms with Crippen molar-refractivity contribution in [1.82, 2.24) is 0 Å². The molecule has 0 unspecified atom stereocenters. The van der Waals surface area contributed by atoms with Crippen molar-refractivity contribution < 1.29 is 38.0 Å². The summed E-state index contributed by atoms with van der Waals surface area (Å²) in [5, 5.41) is 9.90. The van der Waals surface area contributed by atoms with Crippen molar-refractivity contribution in [1.29, 1.82) is 0 Å². The largest absolute Gasteiger partial charge is 0.496 e. The molecule has 0 spiro atoms. The topological polar surface area (TPSA) is 83.5 Å². The Labute approximate surface area is 205 Å². The summed E-state index contributed by atoms with van der Waals surface area (Å²) >= 11 is 0. The average Bonchev–Trinajstić information content (AvgIpc) is 3.38. The molecule has 0 saturated carbocycles. The zero-order valence-corrected chi connectivity index (χ0v) is 20.5. The summed E-state index contributed by atoms with van der Waals surface area (Å²) in [4.78, 5) is 12.1. The second-order valence-electron chi connectivity index (χ2n) is 9.20. The Bertz CT molecular complexity index is 1060. The van der Waals surface area contributed by atoms with E-state index in [0.717, 1.165) is 25.0 Å². The van der Waals surface area contributed by atoms with Gasteiger partial charge < -0.3 is 28.8 Å². The molecule has 35 heavy (non-hydrogen) atoms. The number of aryl methyl sites for hydroxylation is 1. The zero-order valence-electron chi connectivity index (χ0n) is 20.5. The van der Waals surface area contributed by atoms with Crippen LogP contribution in [0, 0.1) is 18.7 Å². The first-order valence-electron chi connectivity index (χ1n) is 12.0. The molecule has 2 saturated heterocycles. The Balaban J connectivity index is 1.75. The molecule has 4 rings (SSSR count). The van der Waals surface area contributed by atoms with Crippen molar-refractivity contribution in [2.24, 2.45) is 5.92 Å². The quantitative estimate of drug-likeness (QED) is 0.543. The van der Waals surface area contributed by atoms with E-state index < -0.39 is 17.4 Å². The molecule has 1 atom stereocenters. The van der Waals surface area contributed by atoms with E-state index in [1.54, 1.807) is 32.2 Å². The van der Waals surface area contributed by atoms with E-state index in [2.05, 4.69) is 0 Å². The highest BCUT2D eigenvalue weighted by molar-refractivity contribution is 5.78. The Morgan fingerprint density at radius 2 is 1.89 bits per heavy atom. The smallest absolute Gasteiger partial charge is 0.348 e. The standard InChI is InChI=1S/C27H33FO7/c1-17-23(31-2)15-22(24(28)25(17)32-3)21-7-6-20(14-19(21)5-4-18-8-11-34-16-18)35-27(26(29)30)9-12-33-13-10-27/h6-7,14-15,18H,4-5,8-13,16H2,1-3H3,(H,29,30)/t18-/m0/s1. The summed E-state index contributed by atoms with van der Waals surface area (Å²) in [7, 11) is 2.98. The molecule has 0 amide bonds. The fraction of sp³-hybridized carbons (Fsp3) is 0.519. The van der Waals surface area contributed by atoms with Gasteiger partial charge in [-0.3, -0.25) is 0 Å². The molecule has 8 heteroatoms. The lowest BCUT2D eigenvalue weighted by atomic mass is 9.91. The molecule has 2 aromatic carbocycles. The second kappa shape index (κ2) is 10.8. The van der Waals surface area contributed by atoms with Crippen molar-refractivity contribution in [2.75, 3.05) is 40.6 Å². The fourth-order valence-electron chi connectivity index (χ4n) is 4.91. The van der Waals surface area contributed by atoms with Crippen molar-refractivity contribution in [2.45, 2.75) is 44.6 Å². The molecular formula is C27H33FO7. The van der Waals surface area contributed by atoms with Gasteiger partial charge in [-0.2, -0.15) is 0 Å². The zero-order chi connectivity index (χ0) is 25.0. The summed E-state index contributed by atoms with van der Waals surface area (Å²) in [6.45, 7) is 3.88. The van der Waals surface area contributed by atoms with Crippen LogP contribution >= 0.6 is 0 Å². The SMILES string of the molecule is COc1cc(-c2ccc(OC3(C(=O)O)CCOCC3)cc2CC[C@H]2CCOC2)c(F)c(OC)c1C. The summed E-state index contributed by atoms with van der Waals surface area (Å²) in [5.41, 5.74) is 1.18. The minimum absolute atomic E-state index is 0.141. The summed E-state index contributed by atoms with van der Waals surface area (Å²) in [6.07, 6.45) is 3.06. The number of carbonyl (C=O) groups is 1. The molecule has 0 radical (unpaired) electrons. The van der Waals surface area contributed by atoms with Gasteiger partial charge >= 0.3 is 5.97 Å². The lowest BCUT2D eigenvalue weighted by molar-refractivity contribution is -0.163. The number of rotatable bonds is 9. The minimum atomic E-state index is -1.34. The fourth-order valence-corrected chi connectivity index (χ4v) is 4.91. The summed E-state index contributed by atoms with van der Waals surface area (Å²) < 4.78 is 43.4. The minimum Gasteiger partial charge on any atom is -0.496 e. The van der Waals surface area contributed by atoms with Gasteiger partial charge in [0.2, 0.25) is 5.60 Å². The molecule has 190 valence electrons. The summed E-state index contributed by atoms with van der Waals surface area (Å²) in [6, 6.07) is 7.01. The van der Waals surface area contributed by atoms with Gasteiger partial charge in [-0.05, 0) is 61.4 Å². The number of aliphatic carboxylic acids is 1. The van der Waals surface area contributed by atoms with Crippen molar-refractivity contribution in [3.8, 4) is 28.4 Å². The van der Waals surface area contributed by atoms with Gasteiger partial charge in [0.25, 0.3) is 0 Å². The van der Waals surface area contributed by atoms with Crippen LogP contribution in [0.5, 0.6) is 17.2 Å². The van der Waals surface area contributed by atoms with Crippen LogP contribution in [0.15, 0.2) is 24.3 Å². The number of methoxy groups -OCH3 is 2. The highest BCUT2D eigenvalue weighted by atomic mass is 19.1. The monoisotopic (exact) mass is 488 g/mol. The molecule has 1 N–H and O–H groups in total.